The molecule has 2 unspecified atom stereocenters. The molecule has 1 saturated carbocycles. The third-order valence-electron chi connectivity index (χ3n) is 3.84. The highest BCUT2D eigenvalue weighted by molar-refractivity contribution is 5.69. The van der Waals surface area contributed by atoms with Crippen LogP contribution in [0.15, 0.2) is 0 Å². The van der Waals surface area contributed by atoms with Gasteiger partial charge in [-0.1, -0.05) is 0 Å². The molecule has 4 heteroatoms. The van der Waals surface area contributed by atoms with E-state index in [2.05, 4.69) is 9.64 Å². The van der Waals surface area contributed by atoms with Crippen LogP contribution in [0.25, 0.3) is 0 Å². The number of nitrogens with zero attached hydrogens (tertiary/aromatic N) is 1. The van der Waals surface area contributed by atoms with Gasteiger partial charge in [0, 0.05) is 32.1 Å². The number of carbonyl (C=O) groups excluding carboxylic acids is 1. The van der Waals surface area contributed by atoms with Gasteiger partial charge in [-0.25, -0.2) is 0 Å². The summed E-state index contributed by atoms with van der Waals surface area (Å²) in [6.07, 6.45) is 5.28. The minimum atomic E-state index is -0.0992. The summed E-state index contributed by atoms with van der Waals surface area (Å²) < 4.78 is 4.69. The van der Waals surface area contributed by atoms with Crippen LogP contribution in [0.4, 0.5) is 0 Å². The average Bonchev–Trinajstić information content (AvgIpc) is 3.09. The minimum absolute atomic E-state index is 0.0992. The van der Waals surface area contributed by atoms with Crippen molar-refractivity contribution in [3.8, 4) is 0 Å². The molecule has 2 N–H and O–H groups in total. The van der Waals surface area contributed by atoms with E-state index in [0.717, 1.165) is 31.8 Å². The Labute approximate surface area is 103 Å². The second kappa shape index (κ2) is 5.83. The Morgan fingerprint density at radius 3 is 2.76 bits per heavy atom. The number of nitrogens with two attached hydrogens (primary N) is 1. The van der Waals surface area contributed by atoms with Crippen LogP contribution in [0.1, 0.15) is 32.1 Å². The van der Waals surface area contributed by atoms with Crippen molar-refractivity contribution >= 4 is 5.97 Å². The molecule has 0 aromatic carbocycles. The molecule has 0 aromatic rings. The lowest BCUT2D eigenvalue weighted by molar-refractivity contribution is -0.141. The Hall–Kier alpha value is -0.610. The van der Waals surface area contributed by atoms with Crippen molar-refractivity contribution in [3.63, 3.8) is 0 Å². The van der Waals surface area contributed by atoms with E-state index < -0.39 is 0 Å². The van der Waals surface area contributed by atoms with E-state index in [1.54, 1.807) is 0 Å². The molecule has 2 aliphatic rings. The third-order valence-corrected chi connectivity index (χ3v) is 3.84. The van der Waals surface area contributed by atoms with Gasteiger partial charge >= 0.3 is 5.97 Å². The van der Waals surface area contributed by atoms with Crippen molar-refractivity contribution in [3.05, 3.63) is 0 Å². The Morgan fingerprint density at radius 2 is 2.12 bits per heavy atom. The largest absolute Gasteiger partial charge is 0.469 e. The number of methoxy groups -OCH3 is 1. The maximum atomic E-state index is 11.1. The fourth-order valence-corrected chi connectivity index (χ4v) is 2.80. The van der Waals surface area contributed by atoms with Crippen molar-refractivity contribution in [2.24, 2.45) is 17.6 Å². The summed E-state index contributed by atoms with van der Waals surface area (Å²) in [4.78, 5) is 13.6. The van der Waals surface area contributed by atoms with E-state index in [0.29, 0.717) is 12.3 Å². The summed E-state index contributed by atoms with van der Waals surface area (Å²) in [7, 11) is 1.45. The highest BCUT2D eigenvalue weighted by atomic mass is 16.5. The first-order valence-electron chi connectivity index (χ1n) is 6.72. The molecule has 0 amide bonds. The smallest absolute Gasteiger partial charge is 0.305 e. The van der Waals surface area contributed by atoms with Gasteiger partial charge in [-0.3, -0.25) is 4.79 Å². The number of rotatable bonds is 5. The van der Waals surface area contributed by atoms with Crippen molar-refractivity contribution in [1.82, 2.24) is 4.90 Å². The fourth-order valence-electron chi connectivity index (χ4n) is 2.80. The summed E-state index contributed by atoms with van der Waals surface area (Å²) in [5.41, 5.74) is 6.09. The van der Waals surface area contributed by atoms with Gasteiger partial charge in [0.1, 0.15) is 0 Å². The van der Waals surface area contributed by atoms with Gasteiger partial charge in [0.25, 0.3) is 0 Å². The van der Waals surface area contributed by atoms with Gasteiger partial charge in [-0.15, -0.1) is 0 Å². The highest BCUT2D eigenvalue weighted by Gasteiger charge is 2.30. The van der Waals surface area contributed by atoms with E-state index in [-0.39, 0.29) is 12.0 Å². The molecule has 1 aliphatic carbocycles. The zero-order chi connectivity index (χ0) is 12.3. The molecule has 4 nitrogen and oxygen atoms in total. The Morgan fingerprint density at radius 1 is 1.35 bits per heavy atom. The highest BCUT2D eigenvalue weighted by Crippen LogP contribution is 2.31. The Bertz CT molecular complexity index is 264. The van der Waals surface area contributed by atoms with Crippen LogP contribution >= 0.6 is 0 Å². The van der Waals surface area contributed by atoms with Gasteiger partial charge in [-0.2, -0.15) is 0 Å². The molecule has 1 aliphatic heterocycles. The fraction of sp³-hybridized carbons (Fsp3) is 0.923. The molecule has 2 rings (SSSR count). The SMILES string of the molecule is COC(=O)CCC1CC(N)CN(CC2CC2)C1. The van der Waals surface area contributed by atoms with Gasteiger partial charge in [0.2, 0.25) is 0 Å². The van der Waals surface area contributed by atoms with Gasteiger partial charge in [0.15, 0.2) is 0 Å². The summed E-state index contributed by atoms with van der Waals surface area (Å²) >= 11 is 0. The number of esters is 1. The average molecular weight is 240 g/mol. The number of hydrogen-bond donors (Lipinski definition) is 1. The molecular weight excluding hydrogens is 216 g/mol. The normalized spacial score (nSPS) is 30.2. The number of piperidine rings is 1. The molecule has 1 heterocycles. The lowest BCUT2D eigenvalue weighted by Crippen LogP contribution is -2.47. The van der Waals surface area contributed by atoms with Gasteiger partial charge < -0.3 is 15.4 Å². The first kappa shape index (κ1) is 12.8. The number of ether oxygens (including phenoxy) is 1. The second-order valence-electron chi connectivity index (χ2n) is 5.64. The molecule has 1 saturated heterocycles. The molecule has 2 atom stereocenters. The molecular formula is C13H24N2O2. The van der Waals surface area contributed by atoms with E-state index >= 15 is 0 Å². The van der Waals surface area contributed by atoms with E-state index in [1.165, 1.54) is 26.5 Å². The van der Waals surface area contributed by atoms with Crippen LogP contribution in [0.5, 0.6) is 0 Å². The lowest BCUT2D eigenvalue weighted by Gasteiger charge is -2.36. The summed E-state index contributed by atoms with van der Waals surface area (Å²) in [6.45, 7) is 3.36. The molecule has 17 heavy (non-hydrogen) atoms. The van der Waals surface area contributed by atoms with Gasteiger partial charge in [-0.05, 0) is 37.5 Å². The Balaban J connectivity index is 1.74. The van der Waals surface area contributed by atoms with Crippen molar-refractivity contribution in [1.29, 1.82) is 0 Å². The zero-order valence-electron chi connectivity index (χ0n) is 10.7. The first-order chi connectivity index (χ1) is 8.17. The van der Waals surface area contributed by atoms with Crippen molar-refractivity contribution in [2.75, 3.05) is 26.7 Å². The lowest BCUT2D eigenvalue weighted by atomic mass is 9.90. The molecule has 0 bridgehead atoms. The van der Waals surface area contributed by atoms with E-state index in [1.807, 2.05) is 0 Å². The van der Waals surface area contributed by atoms with Crippen LogP contribution in [0, 0.1) is 11.8 Å². The third kappa shape index (κ3) is 4.28. The topological polar surface area (TPSA) is 55.6 Å². The Kier molecular flexibility index (Phi) is 4.40. The maximum absolute atomic E-state index is 11.1. The molecule has 0 radical (unpaired) electrons. The van der Waals surface area contributed by atoms with Crippen LogP contribution in [-0.2, 0) is 9.53 Å². The summed E-state index contributed by atoms with van der Waals surface area (Å²) in [6, 6.07) is 0.283. The summed E-state index contributed by atoms with van der Waals surface area (Å²) in [5.74, 6) is 1.39. The van der Waals surface area contributed by atoms with Gasteiger partial charge in [0.05, 0.1) is 7.11 Å². The predicted octanol–water partition coefficient (Wildman–Crippen LogP) is 0.999. The molecule has 0 spiro atoms. The number of likely N-dealkylation sites (tertiary alicyclic amines) is 1. The standard InChI is InChI=1S/C13H24N2O2/c1-17-13(16)5-4-11-6-12(14)9-15(8-11)7-10-2-3-10/h10-12H,2-9,14H2,1H3. The van der Waals surface area contributed by atoms with E-state index in [4.69, 9.17) is 5.73 Å². The zero-order valence-corrected chi connectivity index (χ0v) is 10.7. The van der Waals surface area contributed by atoms with Crippen LogP contribution in [-0.4, -0.2) is 43.7 Å². The summed E-state index contributed by atoms with van der Waals surface area (Å²) in [5, 5.41) is 0. The quantitative estimate of drug-likeness (QED) is 0.728. The maximum Gasteiger partial charge on any atom is 0.305 e. The van der Waals surface area contributed by atoms with Crippen molar-refractivity contribution in [2.45, 2.75) is 38.1 Å². The number of carbonyl (C=O) groups is 1. The van der Waals surface area contributed by atoms with Crippen LogP contribution in [0.2, 0.25) is 0 Å². The molecule has 98 valence electrons. The number of hydrogen-bond acceptors (Lipinski definition) is 4. The predicted molar refractivity (Wildman–Crippen MR) is 66.5 cm³/mol. The van der Waals surface area contributed by atoms with Crippen LogP contribution < -0.4 is 5.73 Å². The molecule has 2 fully saturated rings. The second-order valence-corrected chi connectivity index (χ2v) is 5.64. The minimum Gasteiger partial charge on any atom is -0.469 e. The first-order valence-corrected chi connectivity index (χ1v) is 6.72. The van der Waals surface area contributed by atoms with E-state index in [9.17, 15) is 4.79 Å². The molecule has 0 aromatic heterocycles. The van der Waals surface area contributed by atoms with Crippen LogP contribution in [0.3, 0.4) is 0 Å². The monoisotopic (exact) mass is 240 g/mol. The van der Waals surface area contributed by atoms with Crippen molar-refractivity contribution < 1.29 is 9.53 Å².